The third kappa shape index (κ3) is 4.86. The van der Waals surface area contributed by atoms with Crippen molar-refractivity contribution in [2.75, 3.05) is 26.2 Å². The number of hydrogen-bond donors (Lipinski definition) is 2. The van der Waals surface area contributed by atoms with E-state index in [0.29, 0.717) is 18.7 Å². The fourth-order valence-electron chi connectivity index (χ4n) is 2.57. The van der Waals surface area contributed by atoms with Gasteiger partial charge in [-0.05, 0) is 26.0 Å². The monoisotopic (exact) mass is 353 g/mol. The molecule has 1 aromatic rings. The molecule has 0 bridgehead atoms. The lowest BCUT2D eigenvalue weighted by molar-refractivity contribution is -0.132. The molecule has 0 saturated carbocycles. The van der Waals surface area contributed by atoms with E-state index in [4.69, 9.17) is 0 Å². The Labute approximate surface area is 142 Å². The summed E-state index contributed by atoms with van der Waals surface area (Å²) in [5, 5.41) is 3.25. The SMILES string of the molecule is CC(=O)c1cccc(S(=O)(=O)NCCC(=O)N2CCN[C@H](C)C2)c1. The van der Waals surface area contributed by atoms with E-state index in [-0.39, 0.29) is 35.6 Å². The van der Waals surface area contributed by atoms with Gasteiger partial charge >= 0.3 is 0 Å². The van der Waals surface area contributed by atoms with Crippen molar-refractivity contribution in [2.24, 2.45) is 0 Å². The third-order valence-electron chi connectivity index (χ3n) is 3.90. The predicted molar refractivity (Wildman–Crippen MR) is 90.3 cm³/mol. The van der Waals surface area contributed by atoms with Gasteiger partial charge in [-0.1, -0.05) is 12.1 Å². The second kappa shape index (κ2) is 7.87. The smallest absolute Gasteiger partial charge is 0.240 e. The van der Waals surface area contributed by atoms with Gasteiger partial charge < -0.3 is 10.2 Å². The Kier molecular flexibility index (Phi) is 6.09. The summed E-state index contributed by atoms with van der Waals surface area (Å²) in [5.74, 6) is -0.265. The van der Waals surface area contributed by atoms with Gasteiger partial charge in [0.1, 0.15) is 0 Å². The van der Waals surface area contributed by atoms with Gasteiger partial charge in [-0.3, -0.25) is 9.59 Å². The molecule has 0 aromatic heterocycles. The van der Waals surface area contributed by atoms with Gasteiger partial charge in [0.05, 0.1) is 4.90 Å². The summed E-state index contributed by atoms with van der Waals surface area (Å²) in [6.45, 7) is 5.43. The maximum atomic E-state index is 12.3. The van der Waals surface area contributed by atoms with Crippen molar-refractivity contribution in [1.82, 2.24) is 14.9 Å². The van der Waals surface area contributed by atoms with E-state index in [0.717, 1.165) is 6.54 Å². The number of nitrogens with zero attached hydrogens (tertiary/aromatic N) is 1. The molecular weight excluding hydrogens is 330 g/mol. The van der Waals surface area contributed by atoms with Crippen molar-refractivity contribution in [3.63, 3.8) is 0 Å². The van der Waals surface area contributed by atoms with Crippen LogP contribution >= 0.6 is 0 Å². The molecule has 1 fully saturated rings. The highest BCUT2D eigenvalue weighted by atomic mass is 32.2. The molecule has 132 valence electrons. The highest BCUT2D eigenvalue weighted by molar-refractivity contribution is 7.89. The second-order valence-corrected chi connectivity index (χ2v) is 7.69. The van der Waals surface area contributed by atoms with Gasteiger partial charge in [0, 0.05) is 44.2 Å². The van der Waals surface area contributed by atoms with Crippen LogP contribution in [0, 0.1) is 0 Å². The number of piperazine rings is 1. The summed E-state index contributed by atoms with van der Waals surface area (Å²) in [4.78, 5) is 25.3. The average molecular weight is 353 g/mol. The second-order valence-electron chi connectivity index (χ2n) is 5.93. The Bertz CT molecular complexity index is 718. The summed E-state index contributed by atoms with van der Waals surface area (Å²) in [6.07, 6.45) is 0.109. The first kappa shape index (κ1) is 18.6. The van der Waals surface area contributed by atoms with E-state index in [9.17, 15) is 18.0 Å². The first-order chi connectivity index (χ1) is 11.3. The molecule has 1 aliphatic rings. The number of nitrogens with one attached hydrogen (secondary N) is 2. The molecule has 8 heteroatoms. The molecule has 0 radical (unpaired) electrons. The maximum absolute atomic E-state index is 12.3. The summed E-state index contributed by atoms with van der Waals surface area (Å²) in [7, 11) is -3.74. The highest BCUT2D eigenvalue weighted by Gasteiger charge is 2.21. The lowest BCUT2D eigenvalue weighted by Crippen LogP contribution is -2.51. The normalized spacial score (nSPS) is 18.4. The van der Waals surface area contributed by atoms with Crippen LogP contribution in [0.2, 0.25) is 0 Å². The molecule has 1 amide bonds. The zero-order valence-corrected chi connectivity index (χ0v) is 14.7. The van der Waals surface area contributed by atoms with Gasteiger partial charge in [-0.2, -0.15) is 0 Å². The molecule has 2 N–H and O–H groups in total. The standard InChI is InChI=1S/C16H23N3O4S/c1-12-11-19(9-8-17-12)16(21)6-7-18-24(22,23)15-5-3-4-14(10-15)13(2)20/h3-5,10,12,17-18H,6-9,11H2,1-2H3/t12-/m1/s1. The number of rotatable bonds is 6. The number of carbonyl (C=O) groups excluding carboxylic acids is 2. The fraction of sp³-hybridized carbons (Fsp3) is 0.500. The molecule has 24 heavy (non-hydrogen) atoms. The van der Waals surface area contributed by atoms with Crippen molar-refractivity contribution in [3.05, 3.63) is 29.8 Å². The molecule has 1 aliphatic heterocycles. The highest BCUT2D eigenvalue weighted by Crippen LogP contribution is 2.12. The van der Waals surface area contributed by atoms with Crippen LogP contribution in [0.25, 0.3) is 0 Å². The molecule has 0 spiro atoms. The van der Waals surface area contributed by atoms with Crippen LogP contribution in [0.4, 0.5) is 0 Å². The number of ketones is 1. The van der Waals surface area contributed by atoms with Crippen LogP contribution in [-0.2, 0) is 14.8 Å². The van der Waals surface area contributed by atoms with Crippen molar-refractivity contribution >= 4 is 21.7 Å². The molecule has 7 nitrogen and oxygen atoms in total. The molecule has 0 aliphatic carbocycles. The van der Waals surface area contributed by atoms with Crippen LogP contribution < -0.4 is 10.0 Å². The third-order valence-corrected chi connectivity index (χ3v) is 5.36. The number of hydrogen-bond acceptors (Lipinski definition) is 5. The predicted octanol–water partition coefficient (Wildman–Crippen LogP) is 0.378. The zero-order valence-electron chi connectivity index (χ0n) is 13.9. The Morgan fingerprint density at radius 1 is 1.38 bits per heavy atom. The minimum Gasteiger partial charge on any atom is -0.340 e. The molecule has 1 aromatic carbocycles. The van der Waals surface area contributed by atoms with Gasteiger partial charge in [0.25, 0.3) is 0 Å². The first-order valence-electron chi connectivity index (χ1n) is 7.91. The summed E-state index contributed by atoms with van der Waals surface area (Å²) in [5.41, 5.74) is 0.337. The number of carbonyl (C=O) groups is 2. The summed E-state index contributed by atoms with van der Waals surface area (Å²) in [6, 6.07) is 6.10. The molecule has 0 unspecified atom stereocenters. The maximum Gasteiger partial charge on any atom is 0.240 e. The Morgan fingerprint density at radius 3 is 2.79 bits per heavy atom. The van der Waals surface area contributed by atoms with E-state index >= 15 is 0 Å². The van der Waals surface area contributed by atoms with E-state index in [2.05, 4.69) is 10.0 Å². The van der Waals surface area contributed by atoms with Gasteiger partial charge in [0.2, 0.25) is 15.9 Å². The quantitative estimate of drug-likeness (QED) is 0.721. The van der Waals surface area contributed by atoms with Crippen molar-refractivity contribution in [3.8, 4) is 0 Å². The lowest BCUT2D eigenvalue weighted by Gasteiger charge is -2.32. The van der Waals surface area contributed by atoms with Crippen LogP contribution in [0.5, 0.6) is 0 Å². The summed E-state index contributed by atoms with van der Waals surface area (Å²) >= 11 is 0. The fourth-order valence-corrected chi connectivity index (χ4v) is 3.65. The molecule has 1 atom stereocenters. The lowest BCUT2D eigenvalue weighted by atomic mass is 10.2. The number of Topliss-reactive ketones (excluding diaryl/α,β-unsaturated/α-hetero) is 1. The molecule has 1 saturated heterocycles. The van der Waals surface area contributed by atoms with Crippen LogP contribution in [0.1, 0.15) is 30.6 Å². The van der Waals surface area contributed by atoms with Gasteiger partial charge in [-0.25, -0.2) is 13.1 Å². The van der Waals surface area contributed by atoms with E-state index < -0.39 is 10.0 Å². The topological polar surface area (TPSA) is 95.6 Å². The number of amides is 1. The van der Waals surface area contributed by atoms with Gasteiger partial charge in [0.15, 0.2) is 5.78 Å². The summed E-state index contributed by atoms with van der Waals surface area (Å²) < 4.78 is 26.9. The van der Waals surface area contributed by atoms with Crippen molar-refractivity contribution < 1.29 is 18.0 Å². The van der Waals surface area contributed by atoms with Crippen molar-refractivity contribution in [2.45, 2.75) is 31.2 Å². The average Bonchev–Trinajstić information content (AvgIpc) is 2.54. The minimum atomic E-state index is -3.74. The van der Waals surface area contributed by atoms with Crippen molar-refractivity contribution in [1.29, 1.82) is 0 Å². The Hall–Kier alpha value is -1.77. The minimum absolute atomic E-state index is 0.0263. The largest absolute Gasteiger partial charge is 0.340 e. The Balaban J connectivity index is 1.92. The molecule has 2 rings (SSSR count). The Morgan fingerprint density at radius 2 is 2.12 bits per heavy atom. The van der Waals surface area contributed by atoms with Crippen LogP contribution in [0.15, 0.2) is 29.2 Å². The van der Waals surface area contributed by atoms with Crippen LogP contribution in [-0.4, -0.2) is 57.2 Å². The zero-order chi connectivity index (χ0) is 17.7. The van der Waals surface area contributed by atoms with E-state index in [1.165, 1.54) is 25.1 Å². The van der Waals surface area contributed by atoms with Crippen LogP contribution in [0.3, 0.4) is 0 Å². The first-order valence-corrected chi connectivity index (χ1v) is 9.40. The molecular formula is C16H23N3O4S. The molecule has 1 heterocycles. The van der Waals surface area contributed by atoms with E-state index in [1.807, 2.05) is 6.92 Å². The van der Waals surface area contributed by atoms with E-state index in [1.54, 1.807) is 11.0 Å². The van der Waals surface area contributed by atoms with Gasteiger partial charge in [-0.15, -0.1) is 0 Å². The number of sulfonamides is 1. The number of benzene rings is 1.